The highest BCUT2D eigenvalue weighted by atomic mass is 79.9. The Bertz CT molecular complexity index is 449. The molecule has 0 aromatic carbocycles. The lowest BCUT2D eigenvalue weighted by atomic mass is 10.3. The zero-order chi connectivity index (χ0) is 13.5. The van der Waals surface area contributed by atoms with E-state index in [1.807, 2.05) is 13.0 Å². The second kappa shape index (κ2) is 7.10. The molecular formula is C12H15BrN2O3. The van der Waals surface area contributed by atoms with Crippen LogP contribution in [0.1, 0.15) is 25.5 Å². The number of anilines is 1. The summed E-state index contributed by atoms with van der Waals surface area (Å²) in [5, 5.41) is 2.63. The van der Waals surface area contributed by atoms with Crippen LogP contribution in [0.3, 0.4) is 0 Å². The normalized spacial score (nSPS) is 9.94. The number of aryl methyl sites for hydroxylation is 1. The predicted octanol–water partition coefficient (Wildman–Crippen LogP) is 2.43. The molecule has 5 nitrogen and oxygen atoms in total. The summed E-state index contributed by atoms with van der Waals surface area (Å²) < 4.78 is 5.62. The summed E-state index contributed by atoms with van der Waals surface area (Å²) in [5.41, 5.74) is 0.790. The number of rotatable bonds is 5. The smallest absolute Gasteiger partial charge is 0.306 e. The number of nitrogens with one attached hydrogen (secondary N) is 1. The minimum Gasteiger partial charge on any atom is -0.466 e. The largest absolute Gasteiger partial charge is 0.466 e. The van der Waals surface area contributed by atoms with E-state index in [9.17, 15) is 9.59 Å². The van der Waals surface area contributed by atoms with Gasteiger partial charge in [0.1, 0.15) is 5.82 Å². The molecular weight excluding hydrogens is 300 g/mol. The van der Waals surface area contributed by atoms with Crippen LogP contribution < -0.4 is 5.32 Å². The molecule has 1 aromatic rings. The van der Waals surface area contributed by atoms with E-state index in [0.717, 1.165) is 10.2 Å². The molecule has 0 atom stereocenters. The van der Waals surface area contributed by atoms with Crippen molar-refractivity contribution in [3.8, 4) is 0 Å². The van der Waals surface area contributed by atoms with Crippen molar-refractivity contribution in [1.82, 2.24) is 4.98 Å². The van der Waals surface area contributed by atoms with Crippen molar-refractivity contribution < 1.29 is 14.3 Å². The van der Waals surface area contributed by atoms with E-state index in [2.05, 4.69) is 26.2 Å². The molecule has 98 valence electrons. The van der Waals surface area contributed by atoms with Crippen LogP contribution in [0.25, 0.3) is 0 Å². The third kappa shape index (κ3) is 4.83. The van der Waals surface area contributed by atoms with E-state index in [1.54, 1.807) is 13.0 Å². The predicted molar refractivity (Wildman–Crippen MR) is 71.2 cm³/mol. The van der Waals surface area contributed by atoms with Crippen LogP contribution in [0.15, 0.2) is 16.6 Å². The van der Waals surface area contributed by atoms with Crippen LogP contribution in [0, 0.1) is 6.92 Å². The van der Waals surface area contributed by atoms with Crippen LogP contribution in [0.4, 0.5) is 5.82 Å². The first-order valence-corrected chi connectivity index (χ1v) is 6.41. The van der Waals surface area contributed by atoms with Gasteiger partial charge in [-0.15, -0.1) is 0 Å². The number of pyridine rings is 1. The van der Waals surface area contributed by atoms with E-state index in [1.165, 1.54) is 0 Å². The van der Waals surface area contributed by atoms with Crippen molar-refractivity contribution in [3.05, 3.63) is 22.3 Å². The van der Waals surface area contributed by atoms with Crippen molar-refractivity contribution in [1.29, 1.82) is 0 Å². The standard InChI is InChI=1S/C12H15BrN2O3/c1-3-18-12(17)7-6-11(16)15-10-5-4-9(13)8(2)14-10/h4-5H,3,6-7H2,1-2H3,(H,14,15,16). The minimum absolute atomic E-state index is 0.0786. The summed E-state index contributed by atoms with van der Waals surface area (Å²) in [6, 6.07) is 3.50. The molecule has 0 unspecified atom stereocenters. The molecule has 6 heteroatoms. The SMILES string of the molecule is CCOC(=O)CCC(=O)Nc1ccc(Br)c(C)n1. The van der Waals surface area contributed by atoms with Crippen LogP contribution in [0.5, 0.6) is 0 Å². The second-order valence-electron chi connectivity index (χ2n) is 3.62. The summed E-state index contributed by atoms with van der Waals surface area (Å²) in [6.07, 6.45) is 0.171. The Morgan fingerprint density at radius 3 is 2.72 bits per heavy atom. The van der Waals surface area contributed by atoms with Gasteiger partial charge in [-0.25, -0.2) is 4.98 Å². The number of ether oxygens (including phenoxy) is 1. The van der Waals surface area contributed by atoms with Crippen molar-refractivity contribution in [2.75, 3.05) is 11.9 Å². The fourth-order valence-corrected chi connectivity index (χ4v) is 1.49. The van der Waals surface area contributed by atoms with Crippen molar-refractivity contribution in [2.24, 2.45) is 0 Å². The second-order valence-corrected chi connectivity index (χ2v) is 4.47. The first-order chi connectivity index (χ1) is 8.52. The number of nitrogens with zero attached hydrogens (tertiary/aromatic N) is 1. The van der Waals surface area contributed by atoms with Gasteiger partial charge in [-0.1, -0.05) is 0 Å². The molecule has 0 spiro atoms. The van der Waals surface area contributed by atoms with E-state index < -0.39 is 0 Å². The summed E-state index contributed by atoms with van der Waals surface area (Å²) in [4.78, 5) is 26.8. The van der Waals surface area contributed by atoms with E-state index in [-0.39, 0.29) is 24.7 Å². The van der Waals surface area contributed by atoms with E-state index in [4.69, 9.17) is 4.74 Å². The van der Waals surface area contributed by atoms with Crippen molar-refractivity contribution >= 4 is 33.6 Å². The number of esters is 1. The Hall–Kier alpha value is -1.43. The number of aromatic nitrogens is 1. The summed E-state index contributed by atoms with van der Waals surface area (Å²) >= 11 is 3.33. The summed E-state index contributed by atoms with van der Waals surface area (Å²) in [5.74, 6) is -0.144. The first kappa shape index (κ1) is 14.6. The number of amides is 1. The Morgan fingerprint density at radius 1 is 1.39 bits per heavy atom. The minimum atomic E-state index is -0.368. The molecule has 1 heterocycles. The maximum Gasteiger partial charge on any atom is 0.306 e. The highest BCUT2D eigenvalue weighted by Crippen LogP contribution is 2.16. The highest BCUT2D eigenvalue weighted by Gasteiger charge is 2.08. The molecule has 1 N–H and O–H groups in total. The van der Waals surface area contributed by atoms with E-state index >= 15 is 0 Å². The molecule has 0 saturated carbocycles. The van der Waals surface area contributed by atoms with Gasteiger partial charge in [0.25, 0.3) is 0 Å². The monoisotopic (exact) mass is 314 g/mol. The number of carbonyl (C=O) groups excluding carboxylic acids is 2. The zero-order valence-electron chi connectivity index (χ0n) is 10.3. The number of carbonyl (C=O) groups is 2. The number of halogens is 1. The van der Waals surface area contributed by atoms with Crippen LogP contribution in [-0.4, -0.2) is 23.5 Å². The van der Waals surface area contributed by atoms with Gasteiger partial charge in [0.2, 0.25) is 5.91 Å². The van der Waals surface area contributed by atoms with Gasteiger partial charge in [0.05, 0.1) is 18.7 Å². The summed E-state index contributed by atoms with van der Waals surface area (Å²) in [6.45, 7) is 3.89. The number of hydrogen-bond donors (Lipinski definition) is 1. The molecule has 0 radical (unpaired) electrons. The Morgan fingerprint density at radius 2 is 2.11 bits per heavy atom. The molecule has 18 heavy (non-hydrogen) atoms. The third-order valence-corrected chi connectivity index (χ3v) is 2.99. The van der Waals surface area contributed by atoms with Crippen LogP contribution in [0.2, 0.25) is 0 Å². The maximum atomic E-state index is 11.5. The van der Waals surface area contributed by atoms with Gasteiger partial charge >= 0.3 is 5.97 Å². The molecule has 1 rings (SSSR count). The lowest BCUT2D eigenvalue weighted by molar-refractivity contribution is -0.144. The molecule has 0 aliphatic carbocycles. The molecule has 0 fully saturated rings. The number of hydrogen-bond acceptors (Lipinski definition) is 4. The Kier molecular flexibility index (Phi) is 5.77. The van der Waals surface area contributed by atoms with Gasteiger partial charge < -0.3 is 10.1 Å². The molecule has 1 amide bonds. The lowest BCUT2D eigenvalue weighted by Crippen LogP contribution is -2.15. The summed E-state index contributed by atoms with van der Waals surface area (Å²) in [7, 11) is 0. The topological polar surface area (TPSA) is 68.3 Å². The van der Waals surface area contributed by atoms with Gasteiger partial charge in [0, 0.05) is 10.9 Å². The fraction of sp³-hybridized carbons (Fsp3) is 0.417. The van der Waals surface area contributed by atoms with E-state index in [0.29, 0.717) is 12.4 Å². The zero-order valence-corrected chi connectivity index (χ0v) is 11.9. The average Bonchev–Trinajstić information content (AvgIpc) is 2.32. The fourth-order valence-electron chi connectivity index (χ4n) is 1.27. The maximum absolute atomic E-state index is 11.5. The molecule has 0 aliphatic rings. The molecule has 0 aliphatic heterocycles. The molecule has 1 aromatic heterocycles. The molecule has 0 bridgehead atoms. The van der Waals surface area contributed by atoms with Crippen LogP contribution in [-0.2, 0) is 14.3 Å². The average molecular weight is 315 g/mol. The van der Waals surface area contributed by atoms with Gasteiger partial charge in [-0.2, -0.15) is 0 Å². The van der Waals surface area contributed by atoms with Gasteiger partial charge in [0.15, 0.2) is 0 Å². The first-order valence-electron chi connectivity index (χ1n) is 5.61. The highest BCUT2D eigenvalue weighted by molar-refractivity contribution is 9.10. The quantitative estimate of drug-likeness (QED) is 0.847. The van der Waals surface area contributed by atoms with Crippen molar-refractivity contribution in [2.45, 2.75) is 26.7 Å². The third-order valence-electron chi connectivity index (χ3n) is 2.15. The lowest BCUT2D eigenvalue weighted by Gasteiger charge is -2.06. The van der Waals surface area contributed by atoms with Gasteiger partial charge in [-0.05, 0) is 41.9 Å². The Balaban J connectivity index is 2.44. The molecule has 0 saturated heterocycles. The van der Waals surface area contributed by atoms with Crippen molar-refractivity contribution in [3.63, 3.8) is 0 Å². The Labute approximate surface area is 114 Å². The van der Waals surface area contributed by atoms with Crippen LogP contribution >= 0.6 is 15.9 Å². The van der Waals surface area contributed by atoms with Gasteiger partial charge in [-0.3, -0.25) is 9.59 Å².